The predicted molar refractivity (Wildman–Crippen MR) is 86.8 cm³/mol. The summed E-state index contributed by atoms with van der Waals surface area (Å²) < 4.78 is 10.2. The zero-order valence-corrected chi connectivity index (χ0v) is 13.0. The second-order valence-corrected chi connectivity index (χ2v) is 5.86. The second-order valence-electron chi connectivity index (χ2n) is 4.92. The second kappa shape index (κ2) is 6.68. The number of hydrogen-bond donors (Lipinski definition) is 2. The summed E-state index contributed by atoms with van der Waals surface area (Å²) in [7, 11) is 0. The highest BCUT2D eigenvalue weighted by atomic mass is 32.1. The van der Waals surface area contributed by atoms with Crippen LogP contribution in [0.2, 0.25) is 0 Å². The number of carbonyl (C=O) groups excluding carboxylic acids is 1. The quantitative estimate of drug-likeness (QED) is 0.682. The lowest BCUT2D eigenvalue weighted by atomic mass is 9.94. The van der Waals surface area contributed by atoms with Crippen LogP contribution in [0.4, 0.5) is 0 Å². The minimum atomic E-state index is -1.32. The monoisotopic (exact) mass is 329 g/mol. The van der Waals surface area contributed by atoms with Gasteiger partial charge in [-0.15, -0.1) is 11.3 Å². The third kappa shape index (κ3) is 3.44. The average Bonchev–Trinajstić information content (AvgIpc) is 3.33. The van der Waals surface area contributed by atoms with Crippen LogP contribution in [0.25, 0.3) is 6.08 Å². The molecule has 0 saturated heterocycles. The van der Waals surface area contributed by atoms with Crippen molar-refractivity contribution in [2.75, 3.05) is 6.54 Å². The van der Waals surface area contributed by atoms with Crippen LogP contribution in [0.5, 0.6) is 0 Å². The maximum Gasteiger partial charge on any atom is 0.244 e. The Morgan fingerprint density at radius 1 is 1.30 bits per heavy atom. The van der Waals surface area contributed by atoms with Crippen molar-refractivity contribution in [3.63, 3.8) is 0 Å². The van der Waals surface area contributed by atoms with E-state index in [2.05, 4.69) is 5.32 Å². The van der Waals surface area contributed by atoms with E-state index in [9.17, 15) is 9.90 Å². The maximum absolute atomic E-state index is 12.0. The van der Waals surface area contributed by atoms with Crippen LogP contribution < -0.4 is 5.32 Å². The lowest BCUT2D eigenvalue weighted by Crippen LogP contribution is -2.40. The minimum Gasteiger partial charge on any atom is -0.472 e. The Labute approximate surface area is 136 Å². The van der Waals surface area contributed by atoms with Gasteiger partial charge < -0.3 is 19.3 Å². The van der Waals surface area contributed by atoms with Gasteiger partial charge in [-0.3, -0.25) is 4.79 Å². The lowest BCUT2D eigenvalue weighted by molar-refractivity contribution is -0.117. The van der Waals surface area contributed by atoms with Gasteiger partial charge in [-0.1, -0.05) is 6.07 Å². The summed E-state index contributed by atoms with van der Waals surface area (Å²) in [5, 5.41) is 15.6. The third-order valence-corrected chi connectivity index (χ3v) is 4.41. The van der Waals surface area contributed by atoms with Crippen molar-refractivity contribution in [2.45, 2.75) is 5.60 Å². The van der Waals surface area contributed by atoms with Crippen molar-refractivity contribution >= 4 is 23.3 Å². The molecule has 118 valence electrons. The summed E-state index contributed by atoms with van der Waals surface area (Å²) in [5.74, 6) is 0.267. The molecule has 3 aromatic heterocycles. The van der Waals surface area contributed by atoms with Gasteiger partial charge in [0.05, 0.1) is 25.3 Å². The standard InChI is InChI=1S/C17H15NO4S/c19-16(6-5-14-3-1-8-22-14)18-12-17(20,13-7-9-21-11-13)15-4-2-10-23-15/h1-11,20H,12H2,(H,18,19)/b6-5+/t17-/m0/s1. The third-order valence-electron chi connectivity index (χ3n) is 3.39. The van der Waals surface area contributed by atoms with Crippen molar-refractivity contribution in [1.82, 2.24) is 5.32 Å². The molecule has 3 rings (SSSR count). The molecule has 0 spiro atoms. The fourth-order valence-electron chi connectivity index (χ4n) is 2.16. The average molecular weight is 329 g/mol. The number of carbonyl (C=O) groups is 1. The number of furan rings is 2. The van der Waals surface area contributed by atoms with Gasteiger partial charge in [0.2, 0.25) is 5.91 Å². The Morgan fingerprint density at radius 2 is 2.22 bits per heavy atom. The first kappa shape index (κ1) is 15.3. The van der Waals surface area contributed by atoms with E-state index in [0.29, 0.717) is 11.3 Å². The van der Waals surface area contributed by atoms with E-state index >= 15 is 0 Å². The number of hydrogen-bond acceptors (Lipinski definition) is 5. The molecule has 3 aromatic rings. The molecule has 6 heteroatoms. The fourth-order valence-corrected chi connectivity index (χ4v) is 3.01. The summed E-state index contributed by atoms with van der Waals surface area (Å²) >= 11 is 1.42. The van der Waals surface area contributed by atoms with Crippen LogP contribution in [-0.2, 0) is 10.4 Å². The van der Waals surface area contributed by atoms with Gasteiger partial charge in [0.1, 0.15) is 11.4 Å². The van der Waals surface area contributed by atoms with Crippen LogP contribution in [0.1, 0.15) is 16.2 Å². The Kier molecular flexibility index (Phi) is 4.45. The maximum atomic E-state index is 12.0. The summed E-state index contributed by atoms with van der Waals surface area (Å²) in [6, 6.07) is 8.85. The van der Waals surface area contributed by atoms with Crippen LogP contribution in [0, 0.1) is 0 Å². The lowest BCUT2D eigenvalue weighted by Gasteiger charge is -2.26. The largest absolute Gasteiger partial charge is 0.472 e. The number of amides is 1. The number of aliphatic hydroxyl groups is 1. The van der Waals surface area contributed by atoms with E-state index in [1.807, 2.05) is 17.5 Å². The van der Waals surface area contributed by atoms with Gasteiger partial charge in [-0.05, 0) is 35.7 Å². The molecule has 0 aliphatic carbocycles. The molecule has 1 amide bonds. The SMILES string of the molecule is O=C(/C=C/c1ccco1)NC[C@](O)(c1ccoc1)c1cccs1. The summed E-state index contributed by atoms with van der Waals surface area (Å²) in [5.41, 5.74) is -0.731. The van der Waals surface area contributed by atoms with Crippen LogP contribution in [0.15, 0.2) is 69.4 Å². The molecule has 0 aliphatic heterocycles. The summed E-state index contributed by atoms with van der Waals surface area (Å²) in [6.07, 6.45) is 7.43. The van der Waals surface area contributed by atoms with Gasteiger partial charge in [0.25, 0.3) is 0 Å². The van der Waals surface area contributed by atoms with Gasteiger partial charge in [0.15, 0.2) is 0 Å². The van der Waals surface area contributed by atoms with Crippen LogP contribution in [-0.4, -0.2) is 17.6 Å². The Balaban J connectivity index is 1.71. The van der Waals surface area contributed by atoms with Crippen molar-refractivity contribution < 1.29 is 18.7 Å². The molecule has 0 radical (unpaired) electrons. The van der Waals surface area contributed by atoms with Crippen molar-refractivity contribution in [2.24, 2.45) is 0 Å². The molecule has 0 fully saturated rings. The molecular formula is C17H15NO4S. The van der Waals surface area contributed by atoms with Crippen molar-refractivity contribution in [1.29, 1.82) is 0 Å². The number of rotatable bonds is 6. The van der Waals surface area contributed by atoms with Gasteiger partial charge in [0, 0.05) is 16.5 Å². The van der Waals surface area contributed by atoms with Crippen molar-refractivity contribution in [3.05, 3.63) is 76.8 Å². The van der Waals surface area contributed by atoms with Gasteiger partial charge in [-0.2, -0.15) is 0 Å². The fraction of sp³-hybridized carbons (Fsp3) is 0.118. The zero-order valence-electron chi connectivity index (χ0n) is 12.1. The van der Waals surface area contributed by atoms with Gasteiger partial charge in [-0.25, -0.2) is 0 Å². The summed E-state index contributed by atoms with van der Waals surface area (Å²) in [4.78, 5) is 12.7. The minimum absolute atomic E-state index is 0.0361. The molecule has 0 unspecified atom stereocenters. The highest BCUT2D eigenvalue weighted by Crippen LogP contribution is 2.32. The highest BCUT2D eigenvalue weighted by molar-refractivity contribution is 7.10. The Morgan fingerprint density at radius 3 is 2.87 bits per heavy atom. The van der Waals surface area contributed by atoms with E-state index in [1.54, 1.807) is 24.3 Å². The van der Waals surface area contributed by atoms with E-state index in [-0.39, 0.29) is 12.5 Å². The Bertz CT molecular complexity index is 724. The van der Waals surface area contributed by atoms with Crippen LogP contribution >= 0.6 is 11.3 Å². The molecule has 0 aliphatic rings. The Hall–Kier alpha value is -2.57. The summed E-state index contributed by atoms with van der Waals surface area (Å²) in [6.45, 7) is 0.0361. The first-order chi connectivity index (χ1) is 11.2. The molecule has 1 atom stereocenters. The van der Waals surface area contributed by atoms with E-state index in [0.717, 1.165) is 4.88 Å². The highest BCUT2D eigenvalue weighted by Gasteiger charge is 2.34. The topological polar surface area (TPSA) is 75.6 Å². The predicted octanol–water partition coefficient (Wildman–Crippen LogP) is 3.00. The first-order valence-corrected chi connectivity index (χ1v) is 7.85. The van der Waals surface area contributed by atoms with E-state index in [1.165, 1.54) is 36.2 Å². The van der Waals surface area contributed by atoms with E-state index in [4.69, 9.17) is 8.83 Å². The van der Waals surface area contributed by atoms with E-state index < -0.39 is 5.60 Å². The zero-order chi connectivity index (χ0) is 16.1. The molecule has 5 nitrogen and oxygen atoms in total. The molecular weight excluding hydrogens is 314 g/mol. The molecule has 0 bridgehead atoms. The molecule has 2 N–H and O–H groups in total. The number of nitrogens with one attached hydrogen (secondary N) is 1. The molecule has 0 saturated carbocycles. The molecule has 3 heterocycles. The normalized spacial score (nSPS) is 14.0. The molecule has 23 heavy (non-hydrogen) atoms. The smallest absolute Gasteiger partial charge is 0.244 e. The van der Waals surface area contributed by atoms with Crippen molar-refractivity contribution in [3.8, 4) is 0 Å². The van der Waals surface area contributed by atoms with Crippen LogP contribution in [0.3, 0.4) is 0 Å². The van der Waals surface area contributed by atoms with Gasteiger partial charge >= 0.3 is 0 Å². The molecule has 0 aromatic carbocycles. The first-order valence-electron chi connectivity index (χ1n) is 6.97. The number of thiophene rings is 1.